The van der Waals surface area contributed by atoms with Gasteiger partial charge in [0, 0.05) is 36.6 Å². The third-order valence-electron chi connectivity index (χ3n) is 5.51. The number of piperidine rings is 1. The number of halogens is 3. The largest absolute Gasteiger partial charge is 0.464 e. The molecule has 1 aliphatic heterocycles. The van der Waals surface area contributed by atoms with E-state index in [0.29, 0.717) is 24.2 Å². The second-order valence-corrected chi connectivity index (χ2v) is 8.18. The third-order valence-corrected chi connectivity index (χ3v) is 5.51. The van der Waals surface area contributed by atoms with Gasteiger partial charge in [-0.25, -0.2) is 14.8 Å². The van der Waals surface area contributed by atoms with Gasteiger partial charge in [0.05, 0.1) is 7.11 Å². The van der Waals surface area contributed by atoms with Crippen molar-refractivity contribution in [3.8, 4) is 11.1 Å². The highest BCUT2D eigenvalue weighted by molar-refractivity contribution is 6.02. The lowest BCUT2D eigenvalue weighted by Gasteiger charge is -2.29. The molecule has 1 N–H and O–H groups in total. The summed E-state index contributed by atoms with van der Waals surface area (Å²) in [4.78, 5) is 37.5. The molecule has 12 heteroatoms. The van der Waals surface area contributed by atoms with Crippen molar-refractivity contribution >= 4 is 23.7 Å². The Balaban J connectivity index is 1.51. The minimum atomic E-state index is -4.86. The van der Waals surface area contributed by atoms with E-state index in [-0.39, 0.29) is 23.4 Å². The molecule has 1 aliphatic rings. The smallest absolute Gasteiger partial charge is 0.437 e. The molecule has 9 nitrogen and oxygen atoms in total. The lowest BCUT2D eigenvalue weighted by atomic mass is 10.0. The highest BCUT2D eigenvalue weighted by Crippen LogP contribution is 2.35. The Morgan fingerprint density at radius 3 is 2.43 bits per heavy atom. The van der Waals surface area contributed by atoms with E-state index in [9.17, 15) is 22.8 Å². The topological polar surface area (TPSA) is 110 Å². The van der Waals surface area contributed by atoms with Crippen LogP contribution in [0.1, 0.15) is 46.5 Å². The Labute approximate surface area is 198 Å². The molecule has 1 amide bonds. The molecule has 1 fully saturated rings. The molecule has 0 spiro atoms. The lowest BCUT2D eigenvalue weighted by molar-refractivity contribution is -0.141. The number of nitrogens with zero attached hydrogens (tertiary/aromatic N) is 4. The first-order valence-electron chi connectivity index (χ1n) is 10.8. The van der Waals surface area contributed by atoms with Crippen LogP contribution in [0.15, 0.2) is 41.1 Å². The minimum absolute atomic E-state index is 0.0237. The second kappa shape index (κ2) is 9.72. The molecule has 1 atom stereocenters. The van der Waals surface area contributed by atoms with Crippen molar-refractivity contribution in [2.45, 2.75) is 25.9 Å². The summed E-state index contributed by atoms with van der Waals surface area (Å²) in [5.41, 5.74) is 0.0118. The fourth-order valence-electron chi connectivity index (χ4n) is 3.75. The first kappa shape index (κ1) is 24.2. The zero-order valence-corrected chi connectivity index (χ0v) is 18.9. The number of esters is 1. The van der Waals surface area contributed by atoms with Gasteiger partial charge in [-0.3, -0.25) is 4.79 Å². The SMILES string of the molecule is COC(=O)c1ccc(-c2ccc(NC(=O)c3oc(N4CCCC(C)C4)nc3C(F)(F)F)nc2)cn1. The van der Waals surface area contributed by atoms with E-state index >= 15 is 0 Å². The first-order chi connectivity index (χ1) is 16.7. The number of amides is 1. The summed E-state index contributed by atoms with van der Waals surface area (Å²) < 4.78 is 50.6. The van der Waals surface area contributed by atoms with Crippen LogP contribution in [0.5, 0.6) is 0 Å². The van der Waals surface area contributed by atoms with Gasteiger partial charge in [-0.15, -0.1) is 0 Å². The first-order valence-corrected chi connectivity index (χ1v) is 10.8. The van der Waals surface area contributed by atoms with Crippen LogP contribution in [-0.2, 0) is 10.9 Å². The molecule has 3 aromatic rings. The number of carbonyl (C=O) groups is 2. The molecule has 1 unspecified atom stereocenters. The summed E-state index contributed by atoms with van der Waals surface area (Å²) >= 11 is 0. The van der Waals surface area contributed by atoms with Crippen molar-refractivity contribution in [2.75, 3.05) is 30.4 Å². The highest BCUT2D eigenvalue weighted by Gasteiger charge is 2.42. The Bertz CT molecular complexity index is 1210. The van der Waals surface area contributed by atoms with Crippen LogP contribution in [0, 0.1) is 5.92 Å². The molecular weight excluding hydrogens is 467 g/mol. The monoisotopic (exact) mass is 489 g/mol. The average molecular weight is 489 g/mol. The minimum Gasteiger partial charge on any atom is -0.464 e. The Morgan fingerprint density at radius 1 is 1.14 bits per heavy atom. The molecule has 3 aromatic heterocycles. The van der Waals surface area contributed by atoms with Gasteiger partial charge in [0.15, 0.2) is 5.69 Å². The summed E-state index contributed by atoms with van der Waals surface area (Å²) in [5.74, 6) is -2.30. The molecule has 0 aromatic carbocycles. The van der Waals surface area contributed by atoms with E-state index in [1.54, 1.807) is 17.0 Å². The van der Waals surface area contributed by atoms with Gasteiger partial charge < -0.3 is 19.4 Å². The summed E-state index contributed by atoms with van der Waals surface area (Å²) in [6.07, 6.45) is -0.241. The van der Waals surface area contributed by atoms with Crippen molar-refractivity contribution < 1.29 is 31.9 Å². The predicted molar refractivity (Wildman–Crippen MR) is 119 cm³/mol. The average Bonchev–Trinajstić information content (AvgIpc) is 3.31. The van der Waals surface area contributed by atoms with E-state index < -0.39 is 29.5 Å². The number of pyridine rings is 2. The van der Waals surface area contributed by atoms with Gasteiger partial charge in [0.2, 0.25) is 5.76 Å². The van der Waals surface area contributed by atoms with Crippen molar-refractivity contribution in [2.24, 2.45) is 5.92 Å². The number of hydrogen-bond acceptors (Lipinski definition) is 8. The number of carbonyl (C=O) groups excluding carboxylic acids is 2. The summed E-state index contributed by atoms with van der Waals surface area (Å²) in [6.45, 7) is 2.99. The number of methoxy groups -OCH3 is 1. The van der Waals surface area contributed by atoms with Gasteiger partial charge >= 0.3 is 12.1 Å². The zero-order chi connectivity index (χ0) is 25.2. The number of aromatic nitrogens is 3. The van der Waals surface area contributed by atoms with Crippen LogP contribution >= 0.6 is 0 Å². The van der Waals surface area contributed by atoms with Crippen molar-refractivity contribution in [3.63, 3.8) is 0 Å². The van der Waals surface area contributed by atoms with Crippen LogP contribution in [0.3, 0.4) is 0 Å². The van der Waals surface area contributed by atoms with Crippen LogP contribution in [-0.4, -0.2) is 47.0 Å². The van der Waals surface area contributed by atoms with E-state index in [0.717, 1.165) is 12.8 Å². The number of anilines is 2. The second-order valence-electron chi connectivity index (χ2n) is 8.18. The number of nitrogens with one attached hydrogen (secondary N) is 1. The van der Waals surface area contributed by atoms with Gasteiger partial charge in [-0.05, 0) is 37.0 Å². The Morgan fingerprint density at radius 2 is 1.86 bits per heavy atom. The number of alkyl halides is 3. The summed E-state index contributed by atoms with van der Waals surface area (Å²) in [5, 5.41) is 2.33. The fraction of sp³-hybridized carbons (Fsp3) is 0.348. The molecule has 35 heavy (non-hydrogen) atoms. The zero-order valence-electron chi connectivity index (χ0n) is 18.9. The van der Waals surface area contributed by atoms with Gasteiger partial charge in [0.1, 0.15) is 11.5 Å². The number of hydrogen-bond donors (Lipinski definition) is 1. The molecule has 0 radical (unpaired) electrons. The van der Waals surface area contributed by atoms with Gasteiger partial charge in [-0.1, -0.05) is 13.0 Å². The van der Waals surface area contributed by atoms with Crippen LogP contribution < -0.4 is 10.2 Å². The van der Waals surface area contributed by atoms with E-state index in [4.69, 9.17) is 4.42 Å². The van der Waals surface area contributed by atoms with E-state index in [1.165, 1.54) is 31.6 Å². The molecule has 0 bridgehead atoms. The fourth-order valence-corrected chi connectivity index (χ4v) is 3.75. The lowest BCUT2D eigenvalue weighted by Crippen LogP contribution is -2.34. The number of ether oxygens (including phenoxy) is 1. The quantitative estimate of drug-likeness (QED) is 0.525. The van der Waals surface area contributed by atoms with Crippen molar-refractivity contribution in [3.05, 3.63) is 53.8 Å². The number of rotatable bonds is 5. The van der Waals surface area contributed by atoms with E-state index in [2.05, 4.69) is 25.0 Å². The molecule has 4 heterocycles. The Kier molecular flexibility index (Phi) is 6.72. The molecule has 0 saturated carbocycles. The van der Waals surface area contributed by atoms with E-state index in [1.807, 2.05) is 6.92 Å². The van der Waals surface area contributed by atoms with Crippen LogP contribution in [0.4, 0.5) is 25.0 Å². The van der Waals surface area contributed by atoms with Crippen molar-refractivity contribution in [1.82, 2.24) is 15.0 Å². The number of oxazole rings is 1. The van der Waals surface area contributed by atoms with Gasteiger partial charge in [0.25, 0.3) is 11.9 Å². The van der Waals surface area contributed by atoms with Crippen LogP contribution in [0.25, 0.3) is 11.1 Å². The predicted octanol–water partition coefficient (Wildman–Crippen LogP) is 4.43. The Hall–Kier alpha value is -3.96. The molecule has 0 aliphatic carbocycles. The van der Waals surface area contributed by atoms with Gasteiger partial charge in [-0.2, -0.15) is 18.2 Å². The standard InChI is InChI=1S/C23H22F3N5O4/c1-13-4-3-9-31(12-13)22-30-19(23(24,25)26)18(35-22)20(32)29-17-8-6-15(11-28-17)14-5-7-16(27-10-14)21(33)34-2/h5-8,10-11,13H,3-4,9,12H2,1-2H3,(H,28,29,32). The highest BCUT2D eigenvalue weighted by atomic mass is 19.4. The molecular formula is C23H22F3N5O4. The third kappa shape index (κ3) is 5.42. The maximum Gasteiger partial charge on any atom is 0.437 e. The maximum atomic E-state index is 13.6. The van der Waals surface area contributed by atoms with Crippen LogP contribution in [0.2, 0.25) is 0 Å². The van der Waals surface area contributed by atoms with Crippen molar-refractivity contribution in [1.29, 1.82) is 0 Å². The molecule has 4 rings (SSSR count). The summed E-state index contributed by atoms with van der Waals surface area (Å²) in [6, 6.07) is 5.93. The molecule has 1 saturated heterocycles. The summed E-state index contributed by atoms with van der Waals surface area (Å²) in [7, 11) is 1.25. The molecule has 184 valence electrons. The maximum absolute atomic E-state index is 13.6. The normalized spacial score (nSPS) is 16.1.